The number of carbonyl (C=O) groups excluding carboxylic acids is 3. The van der Waals surface area contributed by atoms with Crippen LogP contribution < -0.4 is 24.3 Å². The molecule has 0 saturated heterocycles. The molecule has 0 aliphatic carbocycles. The Hall–Kier alpha value is -4.15. The summed E-state index contributed by atoms with van der Waals surface area (Å²) in [5.41, 5.74) is 0.516. The molecule has 0 heterocycles. The van der Waals surface area contributed by atoms with Gasteiger partial charge in [-0.25, -0.2) is 4.79 Å². The number of hydrogen-bond donors (Lipinski definition) is 1. The van der Waals surface area contributed by atoms with Crippen molar-refractivity contribution in [1.82, 2.24) is 5.32 Å². The fourth-order valence-electron chi connectivity index (χ4n) is 2.55. The minimum absolute atomic E-state index is 0.0248. The van der Waals surface area contributed by atoms with Gasteiger partial charge in [-0.05, 0) is 36.4 Å². The molecule has 11 heteroatoms. The molecule has 0 aliphatic heterocycles. The number of esters is 1. The van der Waals surface area contributed by atoms with E-state index in [9.17, 15) is 23.2 Å². The van der Waals surface area contributed by atoms with Gasteiger partial charge < -0.3 is 23.7 Å². The molecule has 0 spiro atoms. The second-order valence-electron chi connectivity index (χ2n) is 6.17. The van der Waals surface area contributed by atoms with E-state index in [1.807, 2.05) is 5.32 Å². The van der Waals surface area contributed by atoms with Gasteiger partial charge in [0.05, 0.1) is 21.3 Å². The fraction of sp³-hybridized carbons (Fsp3) is 0.227. The lowest BCUT2D eigenvalue weighted by molar-refractivity contribution is -0.143. The van der Waals surface area contributed by atoms with Crippen LogP contribution in [-0.4, -0.2) is 52.3 Å². The summed E-state index contributed by atoms with van der Waals surface area (Å²) >= 11 is 0. The molecule has 1 N–H and O–H groups in total. The number of halogens is 2. The molecule has 2 amide bonds. The van der Waals surface area contributed by atoms with Gasteiger partial charge in [0.25, 0.3) is 11.8 Å². The standard InChI is InChI=1S/C22H21F2NO8/c1-29-16-11-18(31-3)17(30-2)10-14(16)6-9-20(27)32-12-19(26)25-21(28)13-4-7-15(8-5-13)33-22(23)24/h4-11,22H,12H2,1-3H3,(H,25,26,28)/b9-6+. The molecular weight excluding hydrogens is 444 g/mol. The highest BCUT2D eigenvalue weighted by Gasteiger charge is 2.14. The number of benzene rings is 2. The Morgan fingerprint density at radius 2 is 1.55 bits per heavy atom. The summed E-state index contributed by atoms with van der Waals surface area (Å²) in [5, 5.41) is 2.01. The number of imide groups is 1. The third kappa shape index (κ3) is 7.49. The van der Waals surface area contributed by atoms with Gasteiger partial charge in [-0.1, -0.05) is 0 Å². The average molecular weight is 465 g/mol. The third-order valence-corrected chi connectivity index (χ3v) is 4.08. The van der Waals surface area contributed by atoms with Crippen molar-refractivity contribution in [1.29, 1.82) is 0 Å². The van der Waals surface area contributed by atoms with Crippen LogP contribution in [-0.2, 0) is 14.3 Å². The Kier molecular flexibility index (Phi) is 9.16. The number of carbonyl (C=O) groups is 3. The second kappa shape index (κ2) is 12.0. The van der Waals surface area contributed by atoms with Crippen molar-refractivity contribution in [2.75, 3.05) is 27.9 Å². The third-order valence-electron chi connectivity index (χ3n) is 4.08. The first-order valence-electron chi connectivity index (χ1n) is 9.31. The van der Waals surface area contributed by atoms with Crippen LogP contribution in [0.15, 0.2) is 42.5 Å². The predicted molar refractivity (Wildman–Crippen MR) is 112 cm³/mol. The van der Waals surface area contributed by atoms with Crippen LogP contribution in [0.5, 0.6) is 23.0 Å². The first-order valence-corrected chi connectivity index (χ1v) is 9.31. The van der Waals surface area contributed by atoms with Crippen LogP contribution in [0, 0.1) is 0 Å². The van der Waals surface area contributed by atoms with Gasteiger partial charge in [-0.3, -0.25) is 14.9 Å². The van der Waals surface area contributed by atoms with Crippen LogP contribution in [0.25, 0.3) is 6.08 Å². The normalized spacial score (nSPS) is 10.6. The molecule has 0 aromatic heterocycles. The highest BCUT2D eigenvalue weighted by molar-refractivity contribution is 6.05. The fourth-order valence-corrected chi connectivity index (χ4v) is 2.55. The molecule has 2 rings (SSSR count). The van der Waals surface area contributed by atoms with Gasteiger partial charge in [0, 0.05) is 23.3 Å². The van der Waals surface area contributed by atoms with Crippen molar-refractivity contribution in [2.24, 2.45) is 0 Å². The van der Waals surface area contributed by atoms with E-state index in [0.717, 1.165) is 18.2 Å². The van der Waals surface area contributed by atoms with Crippen LogP contribution in [0.1, 0.15) is 15.9 Å². The molecule has 0 atom stereocenters. The molecule has 0 bridgehead atoms. The zero-order valence-electron chi connectivity index (χ0n) is 17.9. The van der Waals surface area contributed by atoms with Crippen molar-refractivity contribution in [3.8, 4) is 23.0 Å². The summed E-state index contributed by atoms with van der Waals surface area (Å²) < 4.78 is 48.9. The van der Waals surface area contributed by atoms with Crippen LogP contribution in [0.2, 0.25) is 0 Å². The lowest BCUT2D eigenvalue weighted by Crippen LogP contribution is -2.34. The summed E-state index contributed by atoms with van der Waals surface area (Å²) in [6.45, 7) is -3.72. The zero-order chi connectivity index (χ0) is 24.4. The quantitative estimate of drug-likeness (QED) is 0.422. The number of amides is 2. The Morgan fingerprint density at radius 3 is 2.12 bits per heavy atom. The molecule has 176 valence electrons. The van der Waals surface area contributed by atoms with E-state index in [2.05, 4.69) is 4.74 Å². The topological polar surface area (TPSA) is 109 Å². The summed E-state index contributed by atoms with van der Waals surface area (Å²) in [5.74, 6) is -1.40. The number of hydrogen-bond acceptors (Lipinski definition) is 8. The maximum absolute atomic E-state index is 12.1. The summed E-state index contributed by atoms with van der Waals surface area (Å²) in [6.07, 6.45) is 2.47. The van der Waals surface area contributed by atoms with E-state index in [-0.39, 0.29) is 11.3 Å². The van der Waals surface area contributed by atoms with Gasteiger partial charge in [0.15, 0.2) is 18.1 Å². The minimum atomic E-state index is -3.00. The van der Waals surface area contributed by atoms with E-state index in [1.54, 1.807) is 12.1 Å². The molecule has 33 heavy (non-hydrogen) atoms. The smallest absolute Gasteiger partial charge is 0.387 e. The Labute approximate surface area is 187 Å². The minimum Gasteiger partial charge on any atom is -0.496 e. The van der Waals surface area contributed by atoms with E-state index in [4.69, 9.17) is 18.9 Å². The van der Waals surface area contributed by atoms with Crippen LogP contribution in [0.4, 0.5) is 8.78 Å². The SMILES string of the molecule is COc1cc(OC)c(OC)cc1/C=C/C(=O)OCC(=O)NC(=O)c1ccc(OC(F)F)cc1. The Balaban J connectivity index is 1.91. The van der Waals surface area contributed by atoms with Gasteiger partial charge >= 0.3 is 12.6 Å². The van der Waals surface area contributed by atoms with E-state index in [0.29, 0.717) is 22.8 Å². The number of alkyl halides is 2. The zero-order valence-corrected chi connectivity index (χ0v) is 17.9. The molecule has 0 radical (unpaired) electrons. The molecule has 0 fully saturated rings. The van der Waals surface area contributed by atoms with Gasteiger partial charge in [-0.2, -0.15) is 8.78 Å². The first-order chi connectivity index (χ1) is 15.8. The molecule has 0 saturated carbocycles. The Bertz CT molecular complexity index is 1020. The highest BCUT2D eigenvalue weighted by Crippen LogP contribution is 2.35. The second-order valence-corrected chi connectivity index (χ2v) is 6.17. The van der Waals surface area contributed by atoms with Crippen molar-refractivity contribution < 1.29 is 46.8 Å². The number of ether oxygens (including phenoxy) is 5. The monoisotopic (exact) mass is 465 g/mol. The van der Waals surface area contributed by atoms with Crippen molar-refractivity contribution >= 4 is 23.9 Å². The van der Waals surface area contributed by atoms with Crippen molar-refractivity contribution in [2.45, 2.75) is 6.61 Å². The largest absolute Gasteiger partial charge is 0.496 e. The molecule has 0 unspecified atom stereocenters. The molecule has 2 aromatic carbocycles. The molecule has 9 nitrogen and oxygen atoms in total. The average Bonchev–Trinajstić information content (AvgIpc) is 2.80. The lowest BCUT2D eigenvalue weighted by atomic mass is 10.1. The number of rotatable bonds is 10. The molecule has 2 aromatic rings. The summed E-state index contributed by atoms with van der Waals surface area (Å²) in [6, 6.07) is 7.87. The Morgan fingerprint density at radius 1 is 0.939 bits per heavy atom. The summed E-state index contributed by atoms with van der Waals surface area (Å²) in [7, 11) is 4.37. The first kappa shape index (κ1) is 25.1. The predicted octanol–water partition coefficient (Wildman–Crippen LogP) is 2.83. The molecule has 0 aliphatic rings. The van der Waals surface area contributed by atoms with E-state index >= 15 is 0 Å². The number of methoxy groups -OCH3 is 3. The van der Waals surface area contributed by atoms with Gasteiger partial charge in [0.2, 0.25) is 0 Å². The van der Waals surface area contributed by atoms with E-state index < -0.39 is 31.0 Å². The van der Waals surface area contributed by atoms with Crippen molar-refractivity contribution in [3.05, 3.63) is 53.6 Å². The lowest BCUT2D eigenvalue weighted by Gasteiger charge is -2.12. The maximum atomic E-state index is 12.1. The van der Waals surface area contributed by atoms with E-state index in [1.165, 1.54) is 39.5 Å². The van der Waals surface area contributed by atoms with Crippen LogP contribution in [0.3, 0.4) is 0 Å². The molecular formula is C22H21F2NO8. The van der Waals surface area contributed by atoms with Crippen molar-refractivity contribution in [3.63, 3.8) is 0 Å². The summed E-state index contributed by atoms with van der Waals surface area (Å²) in [4.78, 5) is 35.8. The van der Waals surface area contributed by atoms with Crippen LogP contribution >= 0.6 is 0 Å². The maximum Gasteiger partial charge on any atom is 0.387 e. The number of nitrogens with one attached hydrogen (secondary N) is 1. The highest BCUT2D eigenvalue weighted by atomic mass is 19.3. The van der Waals surface area contributed by atoms with Gasteiger partial charge in [0.1, 0.15) is 11.5 Å². The van der Waals surface area contributed by atoms with Gasteiger partial charge in [-0.15, -0.1) is 0 Å².